The van der Waals surface area contributed by atoms with E-state index in [4.69, 9.17) is 0 Å². The molecule has 1 rings (SSSR count). The Morgan fingerprint density at radius 1 is 1.43 bits per heavy atom. The molecule has 1 aromatic rings. The lowest BCUT2D eigenvalue weighted by Gasteiger charge is -2.24. The van der Waals surface area contributed by atoms with Gasteiger partial charge in [-0.15, -0.1) is 0 Å². The molecular weight excluding hydrogens is 292 g/mol. The van der Waals surface area contributed by atoms with Gasteiger partial charge < -0.3 is 14.8 Å². The van der Waals surface area contributed by atoms with E-state index >= 15 is 0 Å². The summed E-state index contributed by atoms with van der Waals surface area (Å²) in [6, 6.07) is 7.23. The number of hydrogen-bond donors (Lipinski definition) is 2. The van der Waals surface area contributed by atoms with E-state index in [-0.39, 0.29) is 12.5 Å². The fourth-order valence-corrected chi connectivity index (χ4v) is 1.96. The van der Waals surface area contributed by atoms with Crippen LogP contribution in [0.3, 0.4) is 0 Å². The number of nitrogens with zero attached hydrogens (tertiary/aromatic N) is 1. The number of unbranched alkanes of at least 4 members (excludes halogenated alkanes) is 1. The molecule has 0 spiro atoms. The number of amides is 1. The van der Waals surface area contributed by atoms with Gasteiger partial charge in [0.1, 0.15) is 12.0 Å². The number of carbonyl (C=O) groups excluding carboxylic acids is 2. The van der Waals surface area contributed by atoms with Gasteiger partial charge in [-0.05, 0) is 31.0 Å². The molecule has 5 nitrogen and oxygen atoms in total. The monoisotopic (exact) mass is 316 g/mol. The van der Waals surface area contributed by atoms with E-state index in [9.17, 15) is 14.7 Å². The van der Waals surface area contributed by atoms with Crippen molar-refractivity contribution < 1.29 is 14.7 Å². The summed E-state index contributed by atoms with van der Waals surface area (Å²) in [5.41, 5.74) is 0.153. The van der Waals surface area contributed by atoms with Gasteiger partial charge in [-0.2, -0.15) is 0 Å². The summed E-state index contributed by atoms with van der Waals surface area (Å²) in [5.74, 6) is 6.17. The lowest BCUT2D eigenvalue weighted by atomic mass is 10.0. The van der Waals surface area contributed by atoms with Crippen LogP contribution in [0, 0.1) is 11.8 Å². The number of benzene rings is 1. The maximum Gasteiger partial charge on any atom is 0.222 e. The van der Waals surface area contributed by atoms with Crippen LogP contribution in [0.25, 0.3) is 0 Å². The molecule has 2 N–H and O–H groups in total. The van der Waals surface area contributed by atoms with E-state index in [2.05, 4.69) is 17.2 Å². The molecule has 1 aromatic carbocycles. The number of rotatable bonds is 7. The molecule has 1 amide bonds. The number of nitrogens with one attached hydrogen (secondary N) is 1. The lowest BCUT2D eigenvalue weighted by Crippen LogP contribution is -2.40. The molecule has 1 atom stereocenters. The topological polar surface area (TPSA) is 69.6 Å². The maximum atomic E-state index is 11.4. The van der Waals surface area contributed by atoms with Gasteiger partial charge in [-0.25, -0.2) is 0 Å². The summed E-state index contributed by atoms with van der Waals surface area (Å²) >= 11 is 0. The highest BCUT2D eigenvalue weighted by Crippen LogP contribution is 2.18. The predicted octanol–water partition coefficient (Wildman–Crippen LogP) is 1.25. The average molecular weight is 316 g/mol. The molecule has 1 unspecified atom stereocenters. The second-order valence-electron chi connectivity index (χ2n) is 5.64. The van der Waals surface area contributed by atoms with E-state index in [0.717, 1.165) is 12.0 Å². The van der Waals surface area contributed by atoms with Crippen molar-refractivity contribution in [3.63, 3.8) is 0 Å². The Morgan fingerprint density at radius 3 is 2.83 bits per heavy atom. The van der Waals surface area contributed by atoms with Crippen molar-refractivity contribution in [3.8, 4) is 11.8 Å². The Kier molecular flexibility index (Phi) is 7.46. The fourth-order valence-electron chi connectivity index (χ4n) is 1.96. The van der Waals surface area contributed by atoms with Crippen LogP contribution in [0.4, 0.5) is 0 Å². The van der Waals surface area contributed by atoms with Gasteiger partial charge in [0.25, 0.3) is 0 Å². The van der Waals surface area contributed by atoms with Crippen LogP contribution in [0.2, 0.25) is 0 Å². The van der Waals surface area contributed by atoms with Gasteiger partial charge in [0.05, 0.1) is 6.54 Å². The highest BCUT2D eigenvalue weighted by atomic mass is 16.3. The molecular formula is C18H24N2O3. The molecule has 0 saturated carbocycles. The number of aldehydes is 1. The smallest absolute Gasteiger partial charge is 0.222 e. The average Bonchev–Trinajstić information content (AvgIpc) is 2.52. The van der Waals surface area contributed by atoms with E-state index in [0.29, 0.717) is 24.7 Å². The Labute approximate surface area is 137 Å². The predicted molar refractivity (Wildman–Crippen MR) is 89.5 cm³/mol. The van der Waals surface area contributed by atoms with Crippen LogP contribution in [0.1, 0.15) is 37.3 Å². The molecule has 0 radical (unpaired) electrons. The first kappa shape index (κ1) is 18.9. The van der Waals surface area contributed by atoms with Crippen LogP contribution >= 0.6 is 0 Å². The van der Waals surface area contributed by atoms with Crippen molar-refractivity contribution >= 4 is 12.2 Å². The number of hydrogen-bond acceptors (Lipinski definition) is 4. The summed E-state index contributed by atoms with van der Waals surface area (Å²) in [6.45, 7) is 1.67. The van der Waals surface area contributed by atoms with Gasteiger partial charge >= 0.3 is 0 Å². The lowest BCUT2D eigenvalue weighted by molar-refractivity contribution is -0.128. The van der Waals surface area contributed by atoms with Gasteiger partial charge in [0.15, 0.2) is 0 Å². The highest BCUT2D eigenvalue weighted by molar-refractivity contribution is 5.75. The molecule has 0 aliphatic heterocycles. The zero-order valence-electron chi connectivity index (χ0n) is 13.9. The molecule has 0 aliphatic carbocycles. The summed E-state index contributed by atoms with van der Waals surface area (Å²) < 4.78 is 0. The van der Waals surface area contributed by atoms with Crippen LogP contribution in [0.5, 0.6) is 0 Å². The SMILES string of the molecule is CN(C)C(=O)CCCC#Cc1cccc(C(C)(O)NCC=O)c1. The molecule has 0 fully saturated rings. The first-order chi connectivity index (χ1) is 10.9. The third-order valence-electron chi connectivity index (χ3n) is 3.38. The molecule has 23 heavy (non-hydrogen) atoms. The fraction of sp³-hybridized carbons (Fsp3) is 0.444. The van der Waals surface area contributed by atoms with Crippen LogP contribution in [-0.2, 0) is 15.3 Å². The minimum atomic E-state index is -1.28. The number of aliphatic hydroxyl groups is 1. The summed E-state index contributed by atoms with van der Waals surface area (Å²) in [7, 11) is 3.48. The third kappa shape index (κ3) is 6.64. The van der Waals surface area contributed by atoms with Crippen LogP contribution in [-0.4, -0.2) is 42.8 Å². The second-order valence-corrected chi connectivity index (χ2v) is 5.64. The van der Waals surface area contributed by atoms with Crippen LogP contribution < -0.4 is 5.32 Å². The van der Waals surface area contributed by atoms with Crippen molar-refractivity contribution in [1.82, 2.24) is 10.2 Å². The molecule has 5 heteroatoms. The van der Waals surface area contributed by atoms with Gasteiger partial charge in [-0.1, -0.05) is 24.0 Å². The Balaban J connectivity index is 2.63. The molecule has 124 valence electrons. The van der Waals surface area contributed by atoms with E-state index in [1.54, 1.807) is 38.1 Å². The third-order valence-corrected chi connectivity index (χ3v) is 3.38. The number of carbonyl (C=O) groups is 2. The molecule has 0 aromatic heterocycles. The summed E-state index contributed by atoms with van der Waals surface area (Å²) in [4.78, 5) is 23.4. The Morgan fingerprint density at radius 2 is 2.17 bits per heavy atom. The quantitative estimate of drug-likeness (QED) is 0.344. The molecule has 0 aliphatic rings. The van der Waals surface area contributed by atoms with E-state index in [1.165, 1.54) is 0 Å². The van der Waals surface area contributed by atoms with Gasteiger partial charge in [-0.3, -0.25) is 10.1 Å². The zero-order chi connectivity index (χ0) is 17.3. The van der Waals surface area contributed by atoms with Crippen molar-refractivity contribution in [2.75, 3.05) is 20.6 Å². The summed E-state index contributed by atoms with van der Waals surface area (Å²) in [5, 5.41) is 13.1. The standard InChI is InChI=1S/C18H24N2O3/c1-18(23,19-12-13-21)16-10-7-9-15(14-16)8-5-4-6-11-17(22)20(2)3/h7,9-10,13-14,19,23H,4,6,11-12H2,1-3H3. The minimum Gasteiger partial charge on any atom is -0.372 e. The van der Waals surface area contributed by atoms with Crippen molar-refractivity contribution in [2.45, 2.75) is 31.9 Å². The minimum absolute atomic E-state index is 0.0722. The van der Waals surface area contributed by atoms with Gasteiger partial charge in [0, 0.05) is 32.5 Å². The zero-order valence-corrected chi connectivity index (χ0v) is 13.9. The normalized spacial score (nSPS) is 12.7. The summed E-state index contributed by atoms with van der Waals surface area (Å²) in [6.07, 6.45) is 2.56. The molecule has 0 heterocycles. The van der Waals surface area contributed by atoms with Gasteiger partial charge in [0.2, 0.25) is 5.91 Å². The van der Waals surface area contributed by atoms with E-state index < -0.39 is 5.72 Å². The van der Waals surface area contributed by atoms with Crippen molar-refractivity contribution in [1.29, 1.82) is 0 Å². The van der Waals surface area contributed by atoms with Crippen LogP contribution in [0.15, 0.2) is 24.3 Å². The highest BCUT2D eigenvalue weighted by Gasteiger charge is 2.21. The van der Waals surface area contributed by atoms with Crippen molar-refractivity contribution in [2.24, 2.45) is 0 Å². The second kappa shape index (κ2) is 9.09. The molecule has 0 saturated heterocycles. The maximum absolute atomic E-state index is 11.4. The first-order valence-electron chi connectivity index (χ1n) is 7.57. The van der Waals surface area contributed by atoms with Crippen molar-refractivity contribution in [3.05, 3.63) is 35.4 Å². The Hall–Kier alpha value is -2.16. The largest absolute Gasteiger partial charge is 0.372 e. The van der Waals surface area contributed by atoms with E-state index in [1.807, 2.05) is 12.1 Å². The Bertz CT molecular complexity index is 598. The first-order valence-corrected chi connectivity index (χ1v) is 7.57. The molecule has 0 bridgehead atoms.